The molecule has 1 unspecified atom stereocenters. The number of hydrogen-bond acceptors (Lipinski definition) is 4. The average Bonchev–Trinajstić information content (AvgIpc) is 2.28. The Morgan fingerprint density at radius 1 is 1.44 bits per heavy atom. The number of nitrogens with one attached hydrogen (secondary N) is 1. The molecular formula is C10H15ClN4O2S. The van der Waals surface area contributed by atoms with Crippen LogP contribution in [0.4, 0.5) is 5.82 Å². The molecule has 0 spiro atoms. The van der Waals surface area contributed by atoms with Crippen LogP contribution in [0.25, 0.3) is 0 Å². The molecule has 18 heavy (non-hydrogen) atoms. The van der Waals surface area contributed by atoms with E-state index in [4.69, 9.17) is 11.6 Å². The van der Waals surface area contributed by atoms with Crippen molar-refractivity contribution >= 4 is 27.6 Å². The van der Waals surface area contributed by atoms with Crippen molar-refractivity contribution in [1.29, 1.82) is 0 Å². The SMILES string of the molecule is CC1CCCCN1S(=O)(=O)Nc1cc(Cl)ncn1. The third-order valence-electron chi connectivity index (χ3n) is 2.92. The summed E-state index contributed by atoms with van der Waals surface area (Å²) in [5.74, 6) is 0.188. The van der Waals surface area contributed by atoms with Gasteiger partial charge in [0.05, 0.1) is 0 Å². The first-order valence-corrected chi connectivity index (χ1v) is 7.58. The van der Waals surface area contributed by atoms with Crippen molar-refractivity contribution in [2.45, 2.75) is 32.2 Å². The standard InChI is InChI=1S/C10H15ClN4O2S/c1-8-4-2-3-5-15(8)18(16,17)14-10-6-9(11)12-7-13-10/h6-8H,2-5H2,1H3,(H,12,13,14). The number of piperidine rings is 1. The normalized spacial score (nSPS) is 21.8. The predicted octanol–water partition coefficient (Wildman–Crippen LogP) is 1.66. The van der Waals surface area contributed by atoms with Gasteiger partial charge < -0.3 is 0 Å². The first kappa shape index (κ1) is 13.5. The third kappa shape index (κ3) is 3.09. The topological polar surface area (TPSA) is 75.2 Å². The molecule has 2 rings (SSSR count). The summed E-state index contributed by atoms with van der Waals surface area (Å²) in [6.45, 7) is 2.45. The minimum Gasteiger partial charge on any atom is -0.254 e. The fraction of sp³-hybridized carbons (Fsp3) is 0.600. The van der Waals surface area contributed by atoms with Gasteiger partial charge in [0.15, 0.2) is 0 Å². The molecule has 1 aliphatic heterocycles. The van der Waals surface area contributed by atoms with E-state index in [2.05, 4.69) is 14.7 Å². The number of hydrogen-bond donors (Lipinski definition) is 1. The smallest absolute Gasteiger partial charge is 0.254 e. The molecule has 0 aliphatic carbocycles. The molecule has 0 aromatic carbocycles. The summed E-state index contributed by atoms with van der Waals surface area (Å²) in [5, 5.41) is 0.203. The second-order valence-electron chi connectivity index (χ2n) is 4.29. The van der Waals surface area contributed by atoms with Gasteiger partial charge in [-0.2, -0.15) is 12.7 Å². The highest BCUT2D eigenvalue weighted by Gasteiger charge is 2.29. The summed E-state index contributed by atoms with van der Waals surface area (Å²) in [5.41, 5.74) is 0. The first-order valence-electron chi connectivity index (χ1n) is 5.76. The molecular weight excluding hydrogens is 276 g/mol. The van der Waals surface area contributed by atoms with Gasteiger partial charge in [0, 0.05) is 18.7 Å². The van der Waals surface area contributed by atoms with Crippen LogP contribution in [-0.2, 0) is 10.2 Å². The molecule has 1 saturated heterocycles. The van der Waals surface area contributed by atoms with Crippen LogP contribution >= 0.6 is 11.6 Å². The van der Waals surface area contributed by atoms with E-state index in [1.165, 1.54) is 16.7 Å². The van der Waals surface area contributed by atoms with Gasteiger partial charge >= 0.3 is 10.2 Å². The molecule has 1 aliphatic rings. The lowest BCUT2D eigenvalue weighted by molar-refractivity contribution is 0.270. The van der Waals surface area contributed by atoms with Crippen LogP contribution in [0.1, 0.15) is 26.2 Å². The highest BCUT2D eigenvalue weighted by molar-refractivity contribution is 7.90. The third-order valence-corrected chi connectivity index (χ3v) is 4.75. The van der Waals surface area contributed by atoms with Crippen molar-refractivity contribution < 1.29 is 8.42 Å². The van der Waals surface area contributed by atoms with Gasteiger partial charge in [0.2, 0.25) is 0 Å². The molecule has 8 heteroatoms. The van der Waals surface area contributed by atoms with Crippen molar-refractivity contribution in [2.75, 3.05) is 11.3 Å². The Hall–Kier alpha value is -0.920. The van der Waals surface area contributed by atoms with Crippen LogP contribution in [0.3, 0.4) is 0 Å². The maximum atomic E-state index is 12.2. The number of anilines is 1. The zero-order chi connectivity index (χ0) is 13.2. The molecule has 1 fully saturated rings. The van der Waals surface area contributed by atoms with Crippen LogP contribution in [0.2, 0.25) is 5.15 Å². The minimum absolute atomic E-state index is 0.00793. The van der Waals surface area contributed by atoms with E-state index < -0.39 is 10.2 Å². The van der Waals surface area contributed by atoms with E-state index in [0.717, 1.165) is 19.3 Å². The summed E-state index contributed by atoms with van der Waals surface area (Å²) < 4.78 is 28.3. The summed E-state index contributed by atoms with van der Waals surface area (Å²) in [6, 6.07) is 1.39. The molecule has 100 valence electrons. The van der Waals surface area contributed by atoms with Crippen LogP contribution in [0.15, 0.2) is 12.4 Å². The van der Waals surface area contributed by atoms with Gasteiger partial charge in [-0.05, 0) is 19.8 Å². The van der Waals surface area contributed by atoms with Crippen molar-refractivity contribution in [2.24, 2.45) is 0 Å². The minimum atomic E-state index is -3.57. The molecule has 6 nitrogen and oxygen atoms in total. The maximum Gasteiger partial charge on any atom is 0.303 e. The monoisotopic (exact) mass is 290 g/mol. The molecule has 2 heterocycles. The molecule has 1 aromatic rings. The number of rotatable bonds is 3. The molecule has 0 bridgehead atoms. The fourth-order valence-corrected chi connectivity index (χ4v) is 3.60. The second kappa shape index (κ2) is 5.38. The number of nitrogens with zero attached hydrogens (tertiary/aromatic N) is 3. The van der Waals surface area contributed by atoms with E-state index in [-0.39, 0.29) is 17.0 Å². The van der Waals surface area contributed by atoms with Gasteiger partial charge in [-0.25, -0.2) is 9.97 Å². The molecule has 1 N–H and O–H groups in total. The van der Waals surface area contributed by atoms with E-state index in [1.807, 2.05) is 6.92 Å². The van der Waals surface area contributed by atoms with Gasteiger partial charge in [-0.3, -0.25) is 4.72 Å². The van der Waals surface area contributed by atoms with Crippen molar-refractivity contribution in [1.82, 2.24) is 14.3 Å². The van der Waals surface area contributed by atoms with Gasteiger partial charge in [-0.15, -0.1) is 0 Å². The highest BCUT2D eigenvalue weighted by Crippen LogP contribution is 2.21. The Morgan fingerprint density at radius 2 is 2.22 bits per heavy atom. The van der Waals surface area contributed by atoms with Crippen LogP contribution < -0.4 is 4.72 Å². The predicted molar refractivity (Wildman–Crippen MR) is 69.6 cm³/mol. The average molecular weight is 291 g/mol. The Bertz CT molecular complexity index is 522. The Morgan fingerprint density at radius 3 is 2.89 bits per heavy atom. The molecule has 1 aromatic heterocycles. The van der Waals surface area contributed by atoms with Crippen molar-refractivity contribution in [3.8, 4) is 0 Å². The van der Waals surface area contributed by atoms with Crippen molar-refractivity contribution in [3.05, 3.63) is 17.5 Å². The highest BCUT2D eigenvalue weighted by atomic mass is 35.5. The summed E-state index contributed by atoms with van der Waals surface area (Å²) in [7, 11) is -3.57. The molecule has 0 radical (unpaired) electrons. The lowest BCUT2D eigenvalue weighted by Gasteiger charge is -2.32. The zero-order valence-corrected chi connectivity index (χ0v) is 11.6. The van der Waals surface area contributed by atoms with Gasteiger partial charge in [0.1, 0.15) is 17.3 Å². The van der Waals surface area contributed by atoms with Crippen LogP contribution in [0, 0.1) is 0 Å². The number of aromatic nitrogens is 2. The summed E-state index contributed by atoms with van der Waals surface area (Å²) >= 11 is 5.69. The van der Waals surface area contributed by atoms with Gasteiger partial charge in [0.25, 0.3) is 0 Å². The summed E-state index contributed by atoms with van der Waals surface area (Å²) in [4.78, 5) is 7.54. The van der Waals surface area contributed by atoms with E-state index in [1.54, 1.807) is 0 Å². The fourth-order valence-electron chi connectivity index (χ4n) is 2.01. The quantitative estimate of drug-likeness (QED) is 0.859. The van der Waals surface area contributed by atoms with Crippen LogP contribution in [-0.4, -0.2) is 35.3 Å². The molecule has 0 saturated carbocycles. The molecule has 0 amide bonds. The maximum absolute atomic E-state index is 12.2. The number of halogens is 1. The van der Waals surface area contributed by atoms with E-state index in [0.29, 0.717) is 6.54 Å². The summed E-state index contributed by atoms with van der Waals surface area (Å²) in [6.07, 6.45) is 4.05. The van der Waals surface area contributed by atoms with Crippen molar-refractivity contribution in [3.63, 3.8) is 0 Å². The lowest BCUT2D eigenvalue weighted by Crippen LogP contribution is -2.44. The first-order chi connectivity index (χ1) is 8.49. The second-order valence-corrected chi connectivity index (χ2v) is 6.30. The Kier molecular flexibility index (Phi) is 4.04. The van der Waals surface area contributed by atoms with E-state index >= 15 is 0 Å². The van der Waals surface area contributed by atoms with Crippen LogP contribution in [0.5, 0.6) is 0 Å². The Labute approximate surface area is 112 Å². The van der Waals surface area contributed by atoms with E-state index in [9.17, 15) is 8.42 Å². The van der Waals surface area contributed by atoms with Gasteiger partial charge in [-0.1, -0.05) is 18.0 Å². The molecule has 1 atom stereocenters. The largest absolute Gasteiger partial charge is 0.303 e. The lowest BCUT2D eigenvalue weighted by atomic mass is 10.1. The Balaban J connectivity index is 2.16. The zero-order valence-electron chi connectivity index (χ0n) is 10.0.